The maximum absolute atomic E-state index is 12.5. The molecule has 0 unspecified atom stereocenters. The fraction of sp³-hybridized carbons (Fsp3) is 0.294. The molecule has 6 heteroatoms. The molecule has 0 atom stereocenters. The summed E-state index contributed by atoms with van der Waals surface area (Å²) in [6.07, 6.45) is 5.78. The minimum absolute atomic E-state index is 0.190. The number of benzene rings is 1. The average Bonchev–Trinajstić information content (AvgIpc) is 3.17. The second-order valence-electron chi connectivity index (χ2n) is 5.80. The lowest BCUT2D eigenvalue weighted by molar-refractivity contribution is -0.129. The molecule has 0 saturated heterocycles. The van der Waals surface area contributed by atoms with Crippen LogP contribution in [0.1, 0.15) is 5.69 Å². The zero-order chi connectivity index (χ0) is 15.8. The van der Waals surface area contributed by atoms with Crippen molar-refractivity contribution in [3.63, 3.8) is 0 Å². The van der Waals surface area contributed by atoms with Gasteiger partial charge in [-0.3, -0.25) is 4.79 Å². The van der Waals surface area contributed by atoms with Crippen molar-refractivity contribution in [3.8, 4) is 0 Å². The van der Waals surface area contributed by atoms with E-state index in [2.05, 4.69) is 32.4 Å². The Morgan fingerprint density at radius 1 is 1.30 bits per heavy atom. The van der Waals surface area contributed by atoms with Gasteiger partial charge >= 0.3 is 0 Å². The molecule has 0 spiro atoms. The van der Waals surface area contributed by atoms with Crippen LogP contribution in [0.4, 0.5) is 0 Å². The SMILES string of the molecule is Cn1cc(SCC(=O)N2CCn3cncc3C2)c2ccccc21. The lowest BCUT2D eigenvalue weighted by atomic mass is 10.2. The first-order valence-corrected chi connectivity index (χ1v) is 8.64. The van der Waals surface area contributed by atoms with Gasteiger partial charge in [0.05, 0.1) is 24.3 Å². The highest BCUT2D eigenvalue weighted by molar-refractivity contribution is 8.00. The molecule has 1 aromatic carbocycles. The van der Waals surface area contributed by atoms with E-state index >= 15 is 0 Å². The molecular weight excluding hydrogens is 308 g/mol. The van der Waals surface area contributed by atoms with E-state index in [1.807, 2.05) is 36.6 Å². The Morgan fingerprint density at radius 2 is 2.17 bits per heavy atom. The van der Waals surface area contributed by atoms with E-state index in [1.165, 1.54) is 15.8 Å². The van der Waals surface area contributed by atoms with Crippen LogP contribution >= 0.6 is 11.8 Å². The van der Waals surface area contributed by atoms with E-state index in [9.17, 15) is 4.79 Å². The van der Waals surface area contributed by atoms with Crippen LogP contribution in [-0.2, 0) is 24.9 Å². The minimum Gasteiger partial charge on any atom is -0.349 e. The molecule has 23 heavy (non-hydrogen) atoms. The molecule has 0 N–H and O–H groups in total. The Kier molecular flexibility index (Phi) is 3.61. The van der Waals surface area contributed by atoms with Crippen LogP contribution in [-0.4, -0.2) is 37.2 Å². The summed E-state index contributed by atoms with van der Waals surface area (Å²) in [5.74, 6) is 0.665. The van der Waals surface area contributed by atoms with E-state index < -0.39 is 0 Å². The highest BCUT2D eigenvalue weighted by atomic mass is 32.2. The Labute approximate surface area is 138 Å². The second-order valence-corrected chi connectivity index (χ2v) is 6.82. The number of nitrogens with zero attached hydrogens (tertiary/aromatic N) is 4. The number of carbonyl (C=O) groups is 1. The molecule has 3 aromatic rings. The second kappa shape index (κ2) is 5.77. The summed E-state index contributed by atoms with van der Waals surface area (Å²) in [5.41, 5.74) is 2.31. The molecule has 0 radical (unpaired) electrons. The van der Waals surface area contributed by atoms with Gasteiger partial charge < -0.3 is 14.0 Å². The van der Waals surface area contributed by atoms with Crippen molar-refractivity contribution in [2.45, 2.75) is 18.0 Å². The maximum atomic E-state index is 12.5. The van der Waals surface area contributed by atoms with Crippen LogP contribution in [0.2, 0.25) is 0 Å². The van der Waals surface area contributed by atoms with Crippen LogP contribution in [0.3, 0.4) is 0 Å². The predicted octanol–water partition coefficient (Wildman–Crippen LogP) is 2.51. The van der Waals surface area contributed by atoms with Crippen molar-refractivity contribution in [3.05, 3.63) is 48.7 Å². The summed E-state index contributed by atoms with van der Waals surface area (Å²) < 4.78 is 4.23. The molecule has 5 nitrogen and oxygen atoms in total. The smallest absolute Gasteiger partial charge is 0.233 e. The quantitative estimate of drug-likeness (QED) is 0.695. The zero-order valence-electron chi connectivity index (χ0n) is 13.0. The van der Waals surface area contributed by atoms with Crippen LogP contribution in [0, 0.1) is 0 Å². The summed E-state index contributed by atoms with van der Waals surface area (Å²) in [6, 6.07) is 8.30. The van der Waals surface area contributed by atoms with Gasteiger partial charge in [-0.2, -0.15) is 0 Å². The third kappa shape index (κ3) is 2.63. The number of para-hydroxylation sites is 1. The first-order valence-electron chi connectivity index (χ1n) is 7.66. The van der Waals surface area contributed by atoms with Gasteiger partial charge in [-0.1, -0.05) is 18.2 Å². The van der Waals surface area contributed by atoms with Gasteiger partial charge in [-0.25, -0.2) is 4.98 Å². The fourth-order valence-electron chi connectivity index (χ4n) is 3.05. The van der Waals surface area contributed by atoms with Gasteiger partial charge in [-0.15, -0.1) is 11.8 Å². The minimum atomic E-state index is 0.190. The molecule has 1 aliphatic heterocycles. The maximum Gasteiger partial charge on any atom is 0.233 e. The van der Waals surface area contributed by atoms with Gasteiger partial charge in [0.15, 0.2) is 0 Å². The monoisotopic (exact) mass is 326 g/mol. The third-order valence-corrected chi connectivity index (χ3v) is 5.35. The first-order chi connectivity index (χ1) is 11.2. The van der Waals surface area contributed by atoms with Gasteiger partial charge in [0, 0.05) is 48.3 Å². The number of imidazole rings is 1. The highest BCUT2D eigenvalue weighted by Crippen LogP contribution is 2.29. The average molecular weight is 326 g/mol. The third-order valence-electron chi connectivity index (χ3n) is 4.33. The Balaban J connectivity index is 1.45. The molecule has 2 aromatic heterocycles. The molecule has 0 fully saturated rings. The first kappa shape index (κ1) is 14.4. The Morgan fingerprint density at radius 3 is 3.09 bits per heavy atom. The largest absolute Gasteiger partial charge is 0.349 e. The van der Waals surface area contributed by atoms with Crippen LogP contribution < -0.4 is 0 Å². The summed E-state index contributed by atoms with van der Waals surface area (Å²) in [4.78, 5) is 19.8. The van der Waals surface area contributed by atoms with Crippen molar-refractivity contribution in [1.82, 2.24) is 19.0 Å². The molecule has 0 bridgehead atoms. The Hall–Kier alpha value is -2.21. The van der Waals surface area contributed by atoms with Crippen molar-refractivity contribution < 1.29 is 4.79 Å². The number of aromatic nitrogens is 3. The fourth-order valence-corrected chi connectivity index (χ4v) is 4.07. The van der Waals surface area contributed by atoms with Crippen molar-refractivity contribution in [1.29, 1.82) is 0 Å². The van der Waals surface area contributed by atoms with Crippen molar-refractivity contribution in [2.75, 3.05) is 12.3 Å². The predicted molar refractivity (Wildman–Crippen MR) is 91.3 cm³/mol. The molecule has 118 valence electrons. The summed E-state index contributed by atoms with van der Waals surface area (Å²) >= 11 is 1.62. The lowest BCUT2D eigenvalue weighted by Gasteiger charge is -2.28. The highest BCUT2D eigenvalue weighted by Gasteiger charge is 2.21. The summed E-state index contributed by atoms with van der Waals surface area (Å²) in [5, 5.41) is 1.21. The molecule has 1 aliphatic rings. The van der Waals surface area contributed by atoms with Crippen molar-refractivity contribution >= 4 is 28.6 Å². The standard InChI is InChI=1S/C17H18N4OS/c1-19-10-16(14-4-2-3-5-15(14)19)23-11-17(22)20-6-7-21-12-18-8-13(21)9-20/h2-5,8,10,12H,6-7,9,11H2,1H3. The topological polar surface area (TPSA) is 43.1 Å². The number of carbonyl (C=O) groups excluding carboxylic acids is 1. The van der Waals surface area contributed by atoms with E-state index in [4.69, 9.17) is 0 Å². The van der Waals surface area contributed by atoms with Gasteiger partial charge in [0.2, 0.25) is 5.91 Å². The summed E-state index contributed by atoms with van der Waals surface area (Å²) in [6.45, 7) is 2.26. The van der Waals surface area contributed by atoms with Gasteiger partial charge in [0.1, 0.15) is 0 Å². The van der Waals surface area contributed by atoms with Crippen LogP contribution in [0.15, 0.2) is 47.9 Å². The number of rotatable bonds is 3. The lowest BCUT2D eigenvalue weighted by Crippen LogP contribution is -2.38. The van der Waals surface area contributed by atoms with Gasteiger partial charge in [-0.05, 0) is 6.07 Å². The number of aryl methyl sites for hydroxylation is 1. The molecule has 1 amide bonds. The zero-order valence-corrected chi connectivity index (χ0v) is 13.8. The number of hydrogen-bond acceptors (Lipinski definition) is 3. The number of hydrogen-bond donors (Lipinski definition) is 0. The van der Waals surface area contributed by atoms with E-state index in [0.717, 1.165) is 18.8 Å². The van der Waals surface area contributed by atoms with Gasteiger partial charge in [0.25, 0.3) is 0 Å². The normalized spacial score (nSPS) is 14.2. The van der Waals surface area contributed by atoms with E-state index in [1.54, 1.807) is 11.8 Å². The Bertz CT molecular complexity index is 866. The van der Waals surface area contributed by atoms with Crippen molar-refractivity contribution in [2.24, 2.45) is 7.05 Å². The number of fused-ring (bicyclic) bond motifs is 2. The van der Waals surface area contributed by atoms with E-state index in [-0.39, 0.29) is 5.91 Å². The molecule has 3 heterocycles. The molecular formula is C17H18N4OS. The van der Waals surface area contributed by atoms with E-state index in [0.29, 0.717) is 12.3 Å². The van der Waals surface area contributed by atoms with Crippen LogP contribution in [0.25, 0.3) is 10.9 Å². The molecule has 0 aliphatic carbocycles. The number of thioether (sulfide) groups is 1. The van der Waals surface area contributed by atoms with Crippen LogP contribution in [0.5, 0.6) is 0 Å². The summed E-state index contributed by atoms with van der Waals surface area (Å²) in [7, 11) is 2.04. The molecule has 4 rings (SSSR count). The number of amides is 1. The molecule has 0 saturated carbocycles.